The van der Waals surface area contributed by atoms with Gasteiger partial charge in [0.25, 0.3) is 5.95 Å². The fraction of sp³-hybridized carbons (Fsp3) is 0.111. The van der Waals surface area contributed by atoms with Crippen molar-refractivity contribution in [1.82, 2.24) is 20.2 Å². The number of phenolic OH excluding ortho intramolecular Hbond substituents is 1. The molecule has 3 N–H and O–H groups in total. The SMILES string of the molecule is COc1cc(C=NNc2nnc3c(n2)[nH]c2c(C)cccc23)ccc1O. The third-order valence-corrected chi connectivity index (χ3v) is 4.04. The van der Waals surface area contributed by atoms with Crippen LogP contribution >= 0.6 is 0 Å². The van der Waals surface area contributed by atoms with Crippen molar-refractivity contribution in [3.05, 3.63) is 47.5 Å². The summed E-state index contributed by atoms with van der Waals surface area (Å²) in [5, 5.41) is 23.0. The van der Waals surface area contributed by atoms with Crippen molar-refractivity contribution in [1.29, 1.82) is 0 Å². The van der Waals surface area contributed by atoms with E-state index in [4.69, 9.17) is 4.74 Å². The first-order valence-corrected chi connectivity index (χ1v) is 7.93. The number of hydrazone groups is 1. The quantitative estimate of drug-likeness (QED) is 0.386. The lowest BCUT2D eigenvalue weighted by Gasteiger charge is -2.03. The summed E-state index contributed by atoms with van der Waals surface area (Å²) in [6.07, 6.45) is 1.57. The average Bonchev–Trinajstić information content (AvgIpc) is 3.02. The molecule has 4 rings (SSSR count). The van der Waals surface area contributed by atoms with Crippen LogP contribution in [-0.2, 0) is 0 Å². The van der Waals surface area contributed by atoms with Gasteiger partial charge >= 0.3 is 0 Å². The minimum absolute atomic E-state index is 0.0738. The summed E-state index contributed by atoms with van der Waals surface area (Å²) in [6.45, 7) is 2.03. The van der Waals surface area contributed by atoms with Crippen LogP contribution in [0.1, 0.15) is 11.1 Å². The number of hydrogen-bond donors (Lipinski definition) is 3. The van der Waals surface area contributed by atoms with Gasteiger partial charge in [-0.05, 0) is 36.2 Å². The van der Waals surface area contributed by atoms with Crippen molar-refractivity contribution in [2.45, 2.75) is 6.92 Å². The number of H-pyrrole nitrogens is 1. The topological polar surface area (TPSA) is 108 Å². The van der Waals surface area contributed by atoms with Gasteiger partial charge in [0.1, 0.15) is 5.52 Å². The zero-order valence-corrected chi connectivity index (χ0v) is 14.2. The fourth-order valence-corrected chi connectivity index (χ4v) is 2.73. The van der Waals surface area contributed by atoms with Gasteiger partial charge in [0.05, 0.1) is 18.8 Å². The lowest BCUT2D eigenvalue weighted by atomic mass is 10.1. The predicted molar refractivity (Wildman–Crippen MR) is 99.8 cm³/mol. The van der Waals surface area contributed by atoms with Gasteiger partial charge in [0.2, 0.25) is 0 Å². The Hall–Kier alpha value is -3.68. The summed E-state index contributed by atoms with van der Waals surface area (Å²) in [6, 6.07) is 10.9. The van der Waals surface area contributed by atoms with Crippen molar-refractivity contribution < 1.29 is 9.84 Å². The van der Waals surface area contributed by atoms with Gasteiger partial charge in [0.15, 0.2) is 17.1 Å². The van der Waals surface area contributed by atoms with E-state index in [0.29, 0.717) is 11.4 Å². The molecule has 130 valence electrons. The number of aromatic nitrogens is 4. The van der Waals surface area contributed by atoms with Crippen LogP contribution in [0.3, 0.4) is 0 Å². The number of para-hydroxylation sites is 1. The molecule has 0 spiro atoms. The number of ether oxygens (including phenoxy) is 1. The standard InChI is InChI=1S/C18H16N6O2/c1-10-4-3-5-12-15(10)20-17-16(12)22-24-18(21-17)23-19-9-11-6-7-13(25)14(8-11)26-2/h3-9,25H,1-2H3,(H2,20,21,23,24). The van der Waals surface area contributed by atoms with Crippen molar-refractivity contribution in [2.75, 3.05) is 12.5 Å². The number of rotatable bonds is 4. The number of nitrogens with zero attached hydrogens (tertiary/aromatic N) is 4. The Morgan fingerprint density at radius 2 is 2.12 bits per heavy atom. The second kappa shape index (κ2) is 6.32. The lowest BCUT2D eigenvalue weighted by molar-refractivity contribution is 0.373. The molecular weight excluding hydrogens is 332 g/mol. The molecule has 0 unspecified atom stereocenters. The largest absolute Gasteiger partial charge is 0.504 e. The van der Waals surface area contributed by atoms with Crippen molar-refractivity contribution in [3.8, 4) is 11.5 Å². The number of benzene rings is 2. The smallest absolute Gasteiger partial charge is 0.265 e. The molecule has 0 atom stereocenters. The maximum absolute atomic E-state index is 9.60. The van der Waals surface area contributed by atoms with E-state index in [0.717, 1.165) is 27.5 Å². The highest BCUT2D eigenvalue weighted by Gasteiger charge is 2.10. The Balaban J connectivity index is 1.59. The molecule has 0 aliphatic carbocycles. The first kappa shape index (κ1) is 15.8. The predicted octanol–water partition coefficient (Wildman–Crippen LogP) is 2.97. The van der Waals surface area contributed by atoms with E-state index >= 15 is 0 Å². The molecule has 0 saturated carbocycles. The number of hydrogen-bond acceptors (Lipinski definition) is 7. The van der Waals surface area contributed by atoms with Crippen LogP contribution in [0.25, 0.3) is 22.1 Å². The van der Waals surface area contributed by atoms with Gasteiger partial charge in [-0.15, -0.1) is 10.2 Å². The van der Waals surface area contributed by atoms with E-state index in [1.54, 1.807) is 18.3 Å². The number of aromatic hydroxyl groups is 1. The van der Waals surface area contributed by atoms with E-state index in [2.05, 4.69) is 30.7 Å². The Kier molecular flexibility index (Phi) is 3.85. The molecule has 0 aliphatic rings. The van der Waals surface area contributed by atoms with Crippen molar-refractivity contribution >= 4 is 34.2 Å². The molecule has 2 heterocycles. The Morgan fingerprint density at radius 1 is 1.23 bits per heavy atom. The molecule has 4 aromatic rings. The average molecular weight is 348 g/mol. The van der Waals surface area contributed by atoms with Crippen LogP contribution in [-0.4, -0.2) is 38.6 Å². The molecule has 8 heteroatoms. The number of phenols is 1. The third kappa shape index (κ3) is 2.77. The van der Waals surface area contributed by atoms with Crippen LogP contribution in [0, 0.1) is 6.92 Å². The number of nitrogens with one attached hydrogen (secondary N) is 2. The molecule has 0 fully saturated rings. The summed E-state index contributed by atoms with van der Waals surface area (Å²) < 4.78 is 5.07. The molecule has 0 amide bonds. The zero-order chi connectivity index (χ0) is 18.1. The van der Waals surface area contributed by atoms with E-state index < -0.39 is 0 Å². The monoisotopic (exact) mass is 348 g/mol. The molecule has 2 aromatic heterocycles. The van der Waals surface area contributed by atoms with Gasteiger partial charge in [-0.2, -0.15) is 10.1 Å². The zero-order valence-electron chi connectivity index (χ0n) is 14.2. The second-order valence-corrected chi connectivity index (χ2v) is 5.76. The molecule has 0 radical (unpaired) electrons. The van der Waals surface area contributed by atoms with Crippen LogP contribution in [0.15, 0.2) is 41.5 Å². The third-order valence-electron chi connectivity index (χ3n) is 4.04. The molecule has 26 heavy (non-hydrogen) atoms. The van der Waals surface area contributed by atoms with Crippen molar-refractivity contribution in [3.63, 3.8) is 0 Å². The fourth-order valence-electron chi connectivity index (χ4n) is 2.73. The molecule has 2 aromatic carbocycles. The van der Waals surface area contributed by atoms with E-state index in [1.807, 2.05) is 25.1 Å². The Morgan fingerprint density at radius 3 is 2.96 bits per heavy atom. The van der Waals surface area contributed by atoms with Crippen molar-refractivity contribution in [2.24, 2.45) is 5.10 Å². The van der Waals surface area contributed by atoms with Crippen LogP contribution in [0.2, 0.25) is 0 Å². The molecule has 0 aliphatic heterocycles. The number of methoxy groups -OCH3 is 1. The minimum atomic E-state index is 0.0738. The van der Waals surface area contributed by atoms with E-state index in [1.165, 1.54) is 13.2 Å². The maximum Gasteiger partial charge on any atom is 0.265 e. The summed E-state index contributed by atoms with van der Waals surface area (Å²) in [5.41, 5.74) is 7.00. The second-order valence-electron chi connectivity index (χ2n) is 5.76. The highest BCUT2D eigenvalue weighted by molar-refractivity contribution is 6.04. The Labute approximate surface area is 148 Å². The summed E-state index contributed by atoms with van der Waals surface area (Å²) in [7, 11) is 1.49. The molecule has 0 saturated heterocycles. The van der Waals surface area contributed by atoms with Gasteiger partial charge in [0, 0.05) is 5.39 Å². The minimum Gasteiger partial charge on any atom is -0.504 e. The normalized spacial score (nSPS) is 11.5. The van der Waals surface area contributed by atoms with Crippen LogP contribution < -0.4 is 10.2 Å². The number of aromatic amines is 1. The lowest BCUT2D eigenvalue weighted by Crippen LogP contribution is -1.99. The van der Waals surface area contributed by atoms with E-state index in [9.17, 15) is 5.11 Å². The summed E-state index contributed by atoms with van der Waals surface area (Å²) >= 11 is 0. The highest BCUT2D eigenvalue weighted by atomic mass is 16.5. The molecule has 8 nitrogen and oxygen atoms in total. The van der Waals surface area contributed by atoms with Gasteiger partial charge in [-0.1, -0.05) is 18.2 Å². The summed E-state index contributed by atoms with van der Waals surface area (Å²) in [5.74, 6) is 0.732. The Bertz CT molecular complexity index is 1140. The first-order chi connectivity index (χ1) is 12.7. The van der Waals surface area contributed by atoms with Gasteiger partial charge in [-0.3, -0.25) is 0 Å². The first-order valence-electron chi connectivity index (χ1n) is 7.93. The van der Waals surface area contributed by atoms with E-state index in [-0.39, 0.29) is 11.7 Å². The van der Waals surface area contributed by atoms with Crippen LogP contribution in [0.4, 0.5) is 5.95 Å². The maximum atomic E-state index is 9.60. The van der Waals surface area contributed by atoms with Crippen LogP contribution in [0.5, 0.6) is 11.5 Å². The molecular formula is C18H16N6O2. The highest BCUT2D eigenvalue weighted by Crippen LogP contribution is 2.26. The number of fused-ring (bicyclic) bond motifs is 3. The van der Waals surface area contributed by atoms with Gasteiger partial charge < -0.3 is 14.8 Å². The summed E-state index contributed by atoms with van der Waals surface area (Å²) in [4.78, 5) is 7.68. The molecule has 0 bridgehead atoms. The number of anilines is 1. The van der Waals surface area contributed by atoms with Gasteiger partial charge in [-0.25, -0.2) is 5.43 Å². The number of aryl methyl sites for hydroxylation is 1.